The maximum Gasteiger partial charge on any atom is 0.0485 e. The van der Waals surface area contributed by atoms with Gasteiger partial charge in [0.05, 0.1) is 0 Å². The van der Waals surface area contributed by atoms with Gasteiger partial charge in [-0.1, -0.05) is 61.9 Å². The molecule has 126 valence electrons. The average molecular weight is 360 g/mol. The molecule has 3 rings (SSSR count). The maximum absolute atomic E-state index is 6.10. The fourth-order valence-electron chi connectivity index (χ4n) is 3.60. The molecule has 0 fully saturated rings. The van der Waals surface area contributed by atoms with Crippen molar-refractivity contribution in [3.63, 3.8) is 0 Å². The predicted molar refractivity (Wildman–Crippen MR) is 109 cm³/mol. The summed E-state index contributed by atoms with van der Waals surface area (Å²) in [5.74, 6) is 1.20. The predicted octanol–water partition coefficient (Wildman–Crippen LogP) is 6.23. The van der Waals surface area contributed by atoms with Gasteiger partial charge < -0.3 is 4.90 Å². The lowest BCUT2D eigenvalue weighted by Crippen LogP contribution is -2.29. The van der Waals surface area contributed by atoms with Crippen molar-refractivity contribution in [2.75, 3.05) is 29.7 Å². The van der Waals surface area contributed by atoms with E-state index in [-0.39, 0.29) is 0 Å². The molecule has 0 unspecified atom stereocenters. The summed E-state index contributed by atoms with van der Waals surface area (Å²) in [6.45, 7) is 3.86. The summed E-state index contributed by atoms with van der Waals surface area (Å²) in [5, 5.41) is 5.28. The molecule has 0 aliphatic heterocycles. The van der Waals surface area contributed by atoms with Gasteiger partial charge in [0.15, 0.2) is 0 Å². The average Bonchev–Trinajstić information content (AvgIpc) is 2.62. The third-order valence-corrected chi connectivity index (χ3v) is 4.87. The monoisotopic (exact) mass is 359 g/mol. The molecule has 0 aliphatic rings. The van der Waals surface area contributed by atoms with Crippen molar-refractivity contribution in [2.45, 2.75) is 19.8 Å². The van der Waals surface area contributed by atoms with Crippen molar-refractivity contribution in [3.8, 4) is 0 Å². The lowest BCUT2D eigenvalue weighted by molar-refractivity contribution is 0.855. The van der Waals surface area contributed by atoms with Gasteiger partial charge in [0.25, 0.3) is 0 Å². The van der Waals surface area contributed by atoms with Gasteiger partial charge in [-0.25, -0.2) is 0 Å². The second-order valence-electron chi connectivity index (χ2n) is 6.03. The minimum Gasteiger partial charge on any atom is -0.368 e. The quantitative estimate of drug-likeness (QED) is 0.357. The highest BCUT2D eigenvalue weighted by atomic mass is 35.5. The van der Waals surface area contributed by atoms with Crippen LogP contribution in [0.2, 0.25) is 0 Å². The van der Waals surface area contributed by atoms with Gasteiger partial charge >= 0.3 is 0 Å². The Balaban J connectivity index is 2.40. The van der Waals surface area contributed by atoms with E-state index in [1.54, 1.807) is 0 Å². The van der Waals surface area contributed by atoms with Crippen molar-refractivity contribution in [3.05, 3.63) is 54.1 Å². The van der Waals surface area contributed by atoms with Crippen LogP contribution in [0, 0.1) is 0 Å². The summed E-state index contributed by atoms with van der Waals surface area (Å²) < 4.78 is 0. The molecule has 0 atom stereocenters. The molecule has 0 amide bonds. The van der Waals surface area contributed by atoms with E-state index in [4.69, 9.17) is 23.2 Å². The number of anilines is 1. The van der Waals surface area contributed by atoms with Crippen LogP contribution in [0.15, 0.2) is 48.5 Å². The highest BCUT2D eigenvalue weighted by Crippen LogP contribution is 2.39. The lowest BCUT2D eigenvalue weighted by Gasteiger charge is -2.29. The fourth-order valence-corrected chi connectivity index (χ4v) is 4.01. The summed E-state index contributed by atoms with van der Waals surface area (Å²) in [5.41, 5.74) is 2.73. The minimum absolute atomic E-state index is 0.601. The second kappa shape index (κ2) is 8.09. The van der Waals surface area contributed by atoms with Crippen molar-refractivity contribution >= 4 is 50.4 Å². The topological polar surface area (TPSA) is 3.24 Å². The van der Waals surface area contributed by atoms with Crippen LogP contribution >= 0.6 is 23.2 Å². The van der Waals surface area contributed by atoms with E-state index in [1.165, 1.54) is 32.8 Å². The third kappa shape index (κ3) is 3.20. The van der Waals surface area contributed by atoms with Gasteiger partial charge in [-0.05, 0) is 28.1 Å². The molecule has 0 radical (unpaired) electrons. The molecular formula is C21H23Cl2N. The van der Waals surface area contributed by atoms with Gasteiger partial charge in [0.2, 0.25) is 0 Å². The number of nitrogens with zero attached hydrogens (tertiary/aromatic N) is 1. The van der Waals surface area contributed by atoms with Crippen LogP contribution in [0.4, 0.5) is 5.69 Å². The molecule has 0 heterocycles. The molecule has 0 aliphatic carbocycles. The summed E-state index contributed by atoms with van der Waals surface area (Å²) in [4.78, 5) is 2.36. The third-order valence-electron chi connectivity index (χ3n) is 4.54. The van der Waals surface area contributed by atoms with Crippen LogP contribution in [0.25, 0.3) is 21.5 Å². The van der Waals surface area contributed by atoms with Gasteiger partial charge in [-0.15, -0.1) is 23.2 Å². The van der Waals surface area contributed by atoms with E-state index in [9.17, 15) is 0 Å². The van der Waals surface area contributed by atoms with E-state index in [0.717, 1.165) is 25.9 Å². The highest BCUT2D eigenvalue weighted by molar-refractivity contribution is 6.19. The molecular weight excluding hydrogens is 337 g/mol. The number of fused-ring (bicyclic) bond motifs is 3. The zero-order chi connectivity index (χ0) is 16.9. The van der Waals surface area contributed by atoms with Crippen LogP contribution in [-0.4, -0.2) is 24.8 Å². The molecule has 3 heteroatoms. The molecule has 3 aromatic rings. The van der Waals surface area contributed by atoms with E-state index in [0.29, 0.717) is 11.8 Å². The Morgan fingerprint density at radius 3 is 1.79 bits per heavy atom. The molecule has 24 heavy (non-hydrogen) atoms. The Hall–Kier alpha value is -1.44. The van der Waals surface area contributed by atoms with Gasteiger partial charge in [-0.3, -0.25) is 0 Å². The zero-order valence-electron chi connectivity index (χ0n) is 14.1. The molecule has 0 saturated heterocycles. The number of aryl methyl sites for hydroxylation is 1. The number of halogens is 2. The summed E-state index contributed by atoms with van der Waals surface area (Å²) in [6, 6.07) is 17.4. The fraction of sp³-hybridized carbons (Fsp3) is 0.333. The number of hydrogen-bond acceptors (Lipinski definition) is 1. The smallest absolute Gasteiger partial charge is 0.0485 e. The van der Waals surface area contributed by atoms with Gasteiger partial charge in [0, 0.05) is 35.9 Å². The van der Waals surface area contributed by atoms with Crippen LogP contribution < -0.4 is 4.90 Å². The lowest BCUT2D eigenvalue weighted by atomic mass is 9.92. The summed E-state index contributed by atoms with van der Waals surface area (Å²) >= 11 is 12.2. The first-order chi connectivity index (χ1) is 11.8. The minimum atomic E-state index is 0.601. The first-order valence-electron chi connectivity index (χ1n) is 8.61. The van der Waals surface area contributed by atoms with Crippen LogP contribution in [-0.2, 0) is 6.42 Å². The Bertz CT molecular complexity index is 823. The molecule has 0 spiro atoms. The van der Waals surface area contributed by atoms with E-state index in [1.807, 2.05) is 0 Å². The number of hydrogen-bond donors (Lipinski definition) is 0. The molecule has 0 saturated carbocycles. The van der Waals surface area contributed by atoms with Gasteiger partial charge in [-0.2, -0.15) is 0 Å². The Kier molecular flexibility index (Phi) is 5.86. The van der Waals surface area contributed by atoms with E-state index in [2.05, 4.69) is 60.4 Å². The molecule has 3 aromatic carbocycles. The van der Waals surface area contributed by atoms with E-state index >= 15 is 0 Å². The van der Waals surface area contributed by atoms with Crippen molar-refractivity contribution in [1.29, 1.82) is 0 Å². The first-order valence-corrected chi connectivity index (χ1v) is 9.67. The Labute approximate surface area is 154 Å². The normalized spacial score (nSPS) is 11.3. The Morgan fingerprint density at radius 2 is 1.25 bits per heavy atom. The standard InChI is InChI=1S/C21H23Cl2N/c1-2-7-19-17-9-4-3-8-16(17)18-10-5-6-11-20(18)21(19)24(14-12-22)15-13-23/h3-6,8-11H,2,7,12-15H2,1H3. The van der Waals surface area contributed by atoms with Crippen LogP contribution in [0.3, 0.4) is 0 Å². The van der Waals surface area contributed by atoms with Crippen molar-refractivity contribution < 1.29 is 0 Å². The largest absolute Gasteiger partial charge is 0.368 e. The van der Waals surface area contributed by atoms with Gasteiger partial charge in [0.1, 0.15) is 0 Å². The van der Waals surface area contributed by atoms with E-state index < -0.39 is 0 Å². The number of benzene rings is 3. The Morgan fingerprint density at radius 1 is 0.750 bits per heavy atom. The first kappa shape index (κ1) is 17.4. The molecule has 0 N–H and O–H groups in total. The second-order valence-corrected chi connectivity index (χ2v) is 6.79. The van der Waals surface area contributed by atoms with Crippen LogP contribution in [0.5, 0.6) is 0 Å². The van der Waals surface area contributed by atoms with Crippen molar-refractivity contribution in [1.82, 2.24) is 0 Å². The summed E-state index contributed by atoms with van der Waals surface area (Å²) in [7, 11) is 0. The SMILES string of the molecule is CCCc1c(N(CCCl)CCCl)c2ccccc2c2ccccc12. The molecule has 0 bridgehead atoms. The maximum atomic E-state index is 6.10. The molecule has 0 aromatic heterocycles. The number of alkyl halides is 2. The number of rotatable bonds is 7. The molecule has 1 nitrogen and oxygen atoms in total. The summed E-state index contributed by atoms with van der Waals surface area (Å²) in [6.07, 6.45) is 2.17. The highest BCUT2D eigenvalue weighted by Gasteiger charge is 2.18. The van der Waals surface area contributed by atoms with Crippen LogP contribution in [0.1, 0.15) is 18.9 Å². The zero-order valence-corrected chi connectivity index (χ0v) is 15.6. The van der Waals surface area contributed by atoms with Crippen molar-refractivity contribution in [2.24, 2.45) is 0 Å².